The fourth-order valence-electron chi connectivity index (χ4n) is 1.01. The summed E-state index contributed by atoms with van der Waals surface area (Å²) in [4.78, 5) is 10.3. The Kier molecular flexibility index (Phi) is 3.46. The highest BCUT2D eigenvalue weighted by Gasteiger charge is 2.10. The molecule has 3 nitrogen and oxygen atoms in total. The summed E-state index contributed by atoms with van der Waals surface area (Å²) in [6.07, 6.45) is -0.912. The first-order valence-electron chi connectivity index (χ1n) is 3.91. The smallest absolute Gasteiger partial charge is 0.409 e. The molecule has 0 spiro atoms. The molecule has 0 saturated heterocycles. The number of halogens is 2. The van der Waals surface area contributed by atoms with E-state index in [1.165, 1.54) is 18.2 Å². The minimum absolute atomic E-state index is 0.154. The Balaban J connectivity index is 3.00. The molecular formula is C9H9BrFNO2. The molecular weight excluding hydrogens is 253 g/mol. The zero-order chi connectivity index (χ0) is 10.7. The minimum atomic E-state index is -0.912. The summed E-state index contributed by atoms with van der Waals surface area (Å²) in [5.74, 6) is -0.119. The van der Waals surface area contributed by atoms with Crippen molar-refractivity contribution in [3.63, 3.8) is 0 Å². The maximum absolute atomic E-state index is 13.2. The van der Waals surface area contributed by atoms with Crippen molar-refractivity contribution < 1.29 is 13.9 Å². The highest BCUT2D eigenvalue weighted by Crippen LogP contribution is 2.27. The fraction of sp³-hybridized carbons (Fsp3) is 0.222. The van der Waals surface area contributed by atoms with Crippen molar-refractivity contribution in [1.82, 2.24) is 0 Å². The summed E-state index contributed by atoms with van der Waals surface area (Å²) in [6.45, 7) is 1.77. The van der Waals surface area contributed by atoms with Crippen LogP contribution in [0.2, 0.25) is 0 Å². The number of alkyl halides is 1. The number of benzene rings is 1. The molecule has 1 amide bonds. The lowest BCUT2D eigenvalue weighted by molar-refractivity contribution is 0.211. The molecule has 0 fully saturated rings. The van der Waals surface area contributed by atoms with E-state index >= 15 is 0 Å². The Labute approximate surface area is 89.2 Å². The average molecular weight is 262 g/mol. The lowest BCUT2D eigenvalue weighted by Crippen LogP contribution is -2.16. The Hall–Kier alpha value is -1.10. The van der Waals surface area contributed by atoms with Crippen LogP contribution >= 0.6 is 15.9 Å². The van der Waals surface area contributed by atoms with E-state index in [0.29, 0.717) is 5.56 Å². The van der Waals surface area contributed by atoms with Crippen molar-refractivity contribution in [2.75, 3.05) is 0 Å². The van der Waals surface area contributed by atoms with Gasteiger partial charge in [-0.1, -0.05) is 15.9 Å². The van der Waals surface area contributed by atoms with Gasteiger partial charge in [0.2, 0.25) is 0 Å². The van der Waals surface area contributed by atoms with Gasteiger partial charge in [-0.3, -0.25) is 0 Å². The number of rotatable bonds is 2. The molecule has 1 aromatic rings. The van der Waals surface area contributed by atoms with Crippen molar-refractivity contribution in [3.8, 4) is 5.75 Å². The van der Waals surface area contributed by atoms with Gasteiger partial charge in [-0.05, 0) is 25.1 Å². The maximum Gasteiger partial charge on any atom is 0.409 e. The molecule has 76 valence electrons. The van der Waals surface area contributed by atoms with Crippen LogP contribution in [0.1, 0.15) is 17.3 Å². The molecule has 0 aliphatic rings. The predicted molar refractivity (Wildman–Crippen MR) is 54.0 cm³/mol. The third-order valence-corrected chi connectivity index (χ3v) is 2.11. The van der Waals surface area contributed by atoms with Crippen LogP contribution in [0, 0.1) is 5.82 Å². The molecule has 0 aromatic heterocycles. The van der Waals surface area contributed by atoms with Crippen LogP contribution < -0.4 is 10.5 Å². The molecule has 0 bridgehead atoms. The molecule has 0 radical (unpaired) electrons. The van der Waals surface area contributed by atoms with Gasteiger partial charge in [0.1, 0.15) is 11.6 Å². The zero-order valence-corrected chi connectivity index (χ0v) is 9.05. The van der Waals surface area contributed by atoms with Crippen LogP contribution in [0.15, 0.2) is 18.2 Å². The Morgan fingerprint density at radius 3 is 2.79 bits per heavy atom. The van der Waals surface area contributed by atoms with E-state index < -0.39 is 6.09 Å². The molecule has 1 aromatic carbocycles. The number of amides is 1. The highest BCUT2D eigenvalue weighted by atomic mass is 79.9. The van der Waals surface area contributed by atoms with Gasteiger partial charge in [0.05, 0.1) is 0 Å². The third kappa shape index (κ3) is 2.70. The molecule has 0 heterocycles. The van der Waals surface area contributed by atoms with Crippen molar-refractivity contribution in [1.29, 1.82) is 0 Å². The fourth-order valence-corrected chi connectivity index (χ4v) is 1.36. The first-order chi connectivity index (χ1) is 6.50. The maximum atomic E-state index is 13.2. The quantitative estimate of drug-likeness (QED) is 0.833. The van der Waals surface area contributed by atoms with Gasteiger partial charge < -0.3 is 10.5 Å². The van der Waals surface area contributed by atoms with Crippen LogP contribution in [0.25, 0.3) is 0 Å². The van der Waals surface area contributed by atoms with Gasteiger partial charge in [0.15, 0.2) is 0 Å². The second kappa shape index (κ2) is 4.41. The standard InChI is InChI=1S/C9H9BrFNO2/c1-5(10)7-4-6(14-9(12)13)2-3-8(7)11/h2-5H,1H3,(H2,12,13). The van der Waals surface area contributed by atoms with Crippen molar-refractivity contribution in [2.24, 2.45) is 5.73 Å². The Bertz CT molecular complexity index is 355. The van der Waals surface area contributed by atoms with Gasteiger partial charge in [0.25, 0.3) is 0 Å². The van der Waals surface area contributed by atoms with E-state index in [0.717, 1.165) is 0 Å². The summed E-state index contributed by atoms with van der Waals surface area (Å²) in [5, 5.41) is 0. The Morgan fingerprint density at radius 1 is 1.64 bits per heavy atom. The van der Waals surface area contributed by atoms with E-state index in [-0.39, 0.29) is 16.4 Å². The minimum Gasteiger partial charge on any atom is -0.410 e. The number of hydrogen-bond donors (Lipinski definition) is 1. The molecule has 5 heteroatoms. The largest absolute Gasteiger partial charge is 0.410 e. The molecule has 1 unspecified atom stereocenters. The summed E-state index contributed by atoms with van der Waals surface area (Å²) in [5.41, 5.74) is 5.24. The molecule has 14 heavy (non-hydrogen) atoms. The number of ether oxygens (including phenoxy) is 1. The predicted octanol–water partition coefficient (Wildman–Crippen LogP) is 2.74. The highest BCUT2D eigenvalue weighted by molar-refractivity contribution is 9.09. The first-order valence-corrected chi connectivity index (χ1v) is 4.83. The number of nitrogens with two attached hydrogens (primary N) is 1. The second-order valence-electron chi connectivity index (χ2n) is 2.72. The van der Waals surface area contributed by atoms with Crippen molar-refractivity contribution >= 4 is 22.0 Å². The molecule has 0 aliphatic carbocycles. The second-order valence-corrected chi connectivity index (χ2v) is 4.09. The number of primary amides is 1. The van der Waals surface area contributed by atoms with Crippen molar-refractivity contribution in [2.45, 2.75) is 11.8 Å². The normalized spacial score (nSPS) is 12.2. The van der Waals surface area contributed by atoms with E-state index in [1.54, 1.807) is 6.92 Å². The Morgan fingerprint density at radius 2 is 2.29 bits per heavy atom. The van der Waals surface area contributed by atoms with Gasteiger partial charge >= 0.3 is 6.09 Å². The molecule has 2 N–H and O–H groups in total. The molecule has 1 rings (SSSR count). The lowest BCUT2D eigenvalue weighted by Gasteiger charge is -2.07. The van der Waals surface area contributed by atoms with Gasteiger partial charge in [-0.15, -0.1) is 0 Å². The summed E-state index contributed by atoms with van der Waals surface area (Å²) in [6, 6.07) is 4.00. The zero-order valence-electron chi connectivity index (χ0n) is 7.46. The summed E-state index contributed by atoms with van der Waals surface area (Å²) in [7, 11) is 0. The van der Waals surface area contributed by atoms with E-state index in [9.17, 15) is 9.18 Å². The monoisotopic (exact) mass is 261 g/mol. The summed E-state index contributed by atoms with van der Waals surface area (Å²) >= 11 is 3.22. The number of hydrogen-bond acceptors (Lipinski definition) is 2. The van der Waals surface area contributed by atoms with Crippen LogP contribution in [0.3, 0.4) is 0 Å². The SMILES string of the molecule is CC(Br)c1cc(OC(N)=O)ccc1F. The average Bonchev–Trinajstić information content (AvgIpc) is 2.07. The van der Waals surface area contributed by atoms with Crippen molar-refractivity contribution in [3.05, 3.63) is 29.6 Å². The van der Waals surface area contributed by atoms with Crippen LogP contribution in [0.4, 0.5) is 9.18 Å². The van der Waals surface area contributed by atoms with E-state index in [2.05, 4.69) is 20.7 Å². The number of carbonyl (C=O) groups is 1. The van der Waals surface area contributed by atoms with E-state index in [4.69, 9.17) is 5.73 Å². The lowest BCUT2D eigenvalue weighted by atomic mass is 10.1. The third-order valence-electron chi connectivity index (χ3n) is 1.61. The van der Waals surface area contributed by atoms with Crippen LogP contribution in [0.5, 0.6) is 5.75 Å². The summed E-state index contributed by atoms with van der Waals surface area (Å²) < 4.78 is 17.8. The molecule has 0 saturated carbocycles. The van der Waals surface area contributed by atoms with Gasteiger partial charge in [-0.25, -0.2) is 9.18 Å². The van der Waals surface area contributed by atoms with Gasteiger partial charge in [0, 0.05) is 10.4 Å². The van der Waals surface area contributed by atoms with Crippen LogP contribution in [-0.4, -0.2) is 6.09 Å². The topological polar surface area (TPSA) is 52.3 Å². The number of carbonyl (C=O) groups excluding carboxylic acids is 1. The van der Waals surface area contributed by atoms with Gasteiger partial charge in [-0.2, -0.15) is 0 Å². The molecule has 1 atom stereocenters. The first kappa shape index (κ1) is 11.0. The molecule has 0 aliphatic heterocycles. The van der Waals surface area contributed by atoms with E-state index in [1.807, 2.05) is 0 Å². The van der Waals surface area contributed by atoms with Crippen LogP contribution in [-0.2, 0) is 0 Å².